The fraction of sp³-hybridized carbons (Fsp3) is 0.424. The Morgan fingerprint density at radius 2 is 1.66 bits per heavy atom. The lowest BCUT2D eigenvalue weighted by Gasteiger charge is -2.22. The first-order valence-corrected chi connectivity index (χ1v) is 17.0. The third-order valence-corrected chi connectivity index (χ3v) is 10.4. The molecule has 0 spiro atoms. The maximum atomic E-state index is 13.3. The Hall–Kier alpha value is -3.70. The summed E-state index contributed by atoms with van der Waals surface area (Å²) in [5, 5.41) is 3.16. The van der Waals surface area contributed by atoms with Gasteiger partial charge in [-0.05, 0) is 111 Å². The number of rotatable bonds is 9. The number of sulfonamides is 1. The number of fused-ring (bicyclic) bond motifs is 1. The molecule has 0 bridgehead atoms. The molecule has 236 valence electrons. The van der Waals surface area contributed by atoms with Crippen LogP contribution in [0.2, 0.25) is 0 Å². The van der Waals surface area contributed by atoms with E-state index in [9.17, 15) is 22.8 Å². The van der Waals surface area contributed by atoms with Gasteiger partial charge in [0.2, 0.25) is 0 Å². The molecule has 0 saturated heterocycles. The van der Waals surface area contributed by atoms with Crippen LogP contribution in [0.15, 0.2) is 41.3 Å². The number of anilines is 2. The average Bonchev–Trinajstić information content (AvgIpc) is 3.31. The number of esters is 2. The van der Waals surface area contributed by atoms with Crippen molar-refractivity contribution in [1.29, 1.82) is 0 Å². The van der Waals surface area contributed by atoms with Crippen molar-refractivity contribution in [3.63, 3.8) is 0 Å². The highest BCUT2D eigenvalue weighted by Crippen LogP contribution is 2.39. The summed E-state index contributed by atoms with van der Waals surface area (Å²) in [6.45, 7) is 13.1. The standard InChI is InChI=1S/C33H40N2O7S2/c1-8-41-32(38)28-25-11-9-10-12-26(25)43-30(28)34-29(36)21(4)42-31(37)22-13-15-24(16-14-22)35-44(39,40)27-18-23(33(5,6)7)17-19(2)20(27)3/h13-18,21,35H,8-12H2,1-7H3,(H,34,36)/t21-/m1/s1. The third kappa shape index (κ3) is 7.32. The van der Waals surface area contributed by atoms with Crippen LogP contribution >= 0.6 is 11.3 Å². The fourth-order valence-electron chi connectivity index (χ4n) is 4.99. The van der Waals surface area contributed by atoms with Gasteiger partial charge in [-0.3, -0.25) is 9.52 Å². The maximum Gasteiger partial charge on any atom is 0.341 e. The molecule has 0 aliphatic heterocycles. The van der Waals surface area contributed by atoms with Crippen molar-refractivity contribution in [1.82, 2.24) is 0 Å². The molecule has 2 aromatic carbocycles. The van der Waals surface area contributed by atoms with E-state index in [0.717, 1.165) is 47.3 Å². The molecular formula is C33H40N2O7S2. The van der Waals surface area contributed by atoms with Gasteiger partial charge in [0.1, 0.15) is 5.00 Å². The molecule has 1 amide bonds. The second-order valence-corrected chi connectivity index (χ2v) is 14.8. The van der Waals surface area contributed by atoms with Gasteiger partial charge >= 0.3 is 11.9 Å². The molecule has 1 atom stereocenters. The molecule has 2 N–H and O–H groups in total. The van der Waals surface area contributed by atoms with Crippen LogP contribution in [0.5, 0.6) is 0 Å². The zero-order chi connectivity index (χ0) is 32.4. The normalized spacial score (nSPS) is 13.9. The van der Waals surface area contributed by atoms with Crippen LogP contribution in [-0.2, 0) is 42.5 Å². The summed E-state index contributed by atoms with van der Waals surface area (Å²) < 4.78 is 39.9. The number of carbonyl (C=O) groups is 3. The number of thiophene rings is 1. The number of aryl methyl sites for hydroxylation is 2. The second kappa shape index (κ2) is 13.1. The van der Waals surface area contributed by atoms with Crippen molar-refractivity contribution in [2.75, 3.05) is 16.6 Å². The van der Waals surface area contributed by atoms with Crippen molar-refractivity contribution >= 4 is 49.9 Å². The number of benzene rings is 2. The summed E-state index contributed by atoms with van der Waals surface area (Å²) >= 11 is 1.36. The Balaban J connectivity index is 1.44. The van der Waals surface area contributed by atoms with Crippen LogP contribution in [0, 0.1) is 13.8 Å². The van der Waals surface area contributed by atoms with Crippen LogP contribution < -0.4 is 10.0 Å². The first kappa shape index (κ1) is 33.2. The molecule has 0 fully saturated rings. The summed E-state index contributed by atoms with van der Waals surface area (Å²) in [7, 11) is -3.91. The average molecular weight is 641 g/mol. The Kier molecular flexibility index (Phi) is 9.90. The highest BCUT2D eigenvalue weighted by atomic mass is 32.2. The minimum absolute atomic E-state index is 0.146. The predicted molar refractivity (Wildman–Crippen MR) is 172 cm³/mol. The molecule has 3 aromatic rings. The van der Waals surface area contributed by atoms with E-state index in [-0.39, 0.29) is 28.2 Å². The Bertz CT molecular complexity index is 1680. The van der Waals surface area contributed by atoms with E-state index in [2.05, 4.69) is 10.0 Å². The lowest BCUT2D eigenvalue weighted by molar-refractivity contribution is -0.123. The van der Waals surface area contributed by atoms with Crippen molar-refractivity contribution in [2.45, 2.75) is 90.6 Å². The second-order valence-electron chi connectivity index (χ2n) is 12.0. The summed E-state index contributed by atoms with van der Waals surface area (Å²) in [6, 6.07) is 9.50. The van der Waals surface area contributed by atoms with Crippen LogP contribution in [0.1, 0.15) is 95.3 Å². The summed E-state index contributed by atoms with van der Waals surface area (Å²) in [4.78, 5) is 39.8. The van der Waals surface area contributed by atoms with E-state index in [1.165, 1.54) is 42.5 Å². The Morgan fingerprint density at radius 3 is 2.30 bits per heavy atom. The van der Waals surface area contributed by atoms with Crippen molar-refractivity contribution < 1.29 is 32.3 Å². The van der Waals surface area contributed by atoms with Crippen LogP contribution in [0.25, 0.3) is 0 Å². The number of nitrogens with one attached hydrogen (secondary N) is 2. The van der Waals surface area contributed by atoms with Gasteiger partial charge in [0.15, 0.2) is 6.10 Å². The number of hydrogen-bond acceptors (Lipinski definition) is 8. The van der Waals surface area contributed by atoms with Gasteiger partial charge < -0.3 is 14.8 Å². The lowest BCUT2D eigenvalue weighted by Crippen LogP contribution is -2.30. The Labute approximate surface area is 263 Å². The van der Waals surface area contributed by atoms with Gasteiger partial charge in [-0.1, -0.05) is 26.8 Å². The zero-order valence-electron chi connectivity index (χ0n) is 26.3. The summed E-state index contributed by atoms with van der Waals surface area (Å²) in [6.07, 6.45) is 2.40. The number of ether oxygens (including phenoxy) is 2. The fourth-order valence-corrected chi connectivity index (χ4v) is 7.68. The number of carbonyl (C=O) groups excluding carboxylic acids is 3. The highest BCUT2D eigenvalue weighted by molar-refractivity contribution is 7.92. The van der Waals surface area contributed by atoms with Gasteiger partial charge in [-0.25, -0.2) is 18.0 Å². The monoisotopic (exact) mass is 640 g/mol. The van der Waals surface area contributed by atoms with Crippen molar-refractivity contribution in [3.05, 3.63) is 74.7 Å². The zero-order valence-corrected chi connectivity index (χ0v) is 27.9. The number of hydrogen-bond donors (Lipinski definition) is 2. The topological polar surface area (TPSA) is 128 Å². The smallest absolute Gasteiger partial charge is 0.341 e. The predicted octanol–water partition coefficient (Wildman–Crippen LogP) is 6.70. The molecule has 4 rings (SSSR count). The van der Waals surface area contributed by atoms with Gasteiger partial charge in [-0.15, -0.1) is 11.3 Å². The van der Waals surface area contributed by atoms with Gasteiger partial charge in [0.25, 0.3) is 15.9 Å². The van der Waals surface area contributed by atoms with Crippen LogP contribution in [0.3, 0.4) is 0 Å². The van der Waals surface area contributed by atoms with E-state index in [1.54, 1.807) is 19.9 Å². The van der Waals surface area contributed by atoms with Crippen LogP contribution in [-0.4, -0.2) is 39.0 Å². The largest absolute Gasteiger partial charge is 0.462 e. The van der Waals surface area contributed by atoms with Crippen molar-refractivity contribution in [3.8, 4) is 0 Å². The van der Waals surface area contributed by atoms with Crippen LogP contribution in [0.4, 0.5) is 10.7 Å². The minimum Gasteiger partial charge on any atom is -0.462 e. The van der Waals surface area contributed by atoms with E-state index in [1.807, 2.05) is 33.8 Å². The molecular weight excluding hydrogens is 601 g/mol. The molecule has 1 aromatic heterocycles. The molecule has 9 nitrogen and oxygen atoms in total. The van der Waals surface area contributed by atoms with Gasteiger partial charge in [-0.2, -0.15) is 0 Å². The number of amides is 1. The van der Waals surface area contributed by atoms with Gasteiger partial charge in [0.05, 0.1) is 22.6 Å². The molecule has 0 saturated carbocycles. The molecule has 44 heavy (non-hydrogen) atoms. The molecule has 1 aliphatic carbocycles. The first-order valence-electron chi connectivity index (χ1n) is 14.7. The SMILES string of the molecule is CCOC(=O)c1c(NC(=O)[C@@H](C)OC(=O)c2ccc(NS(=O)(=O)c3cc(C(C)(C)C)cc(C)c3C)cc2)sc2c1CCCC2. The van der Waals surface area contributed by atoms with Crippen molar-refractivity contribution in [2.24, 2.45) is 0 Å². The minimum atomic E-state index is -3.91. The maximum absolute atomic E-state index is 13.3. The van der Waals surface area contributed by atoms with Gasteiger partial charge in [0, 0.05) is 10.6 Å². The quantitative estimate of drug-likeness (QED) is 0.249. The van der Waals surface area contributed by atoms with E-state index < -0.39 is 34.0 Å². The Morgan fingerprint density at radius 1 is 1.00 bits per heavy atom. The highest BCUT2D eigenvalue weighted by Gasteiger charge is 2.29. The molecule has 11 heteroatoms. The lowest BCUT2D eigenvalue weighted by atomic mass is 9.85. The molecule has 1 heterocycles. The molecule has 1 aliphatic rings. The molecule has 0 unspecified atom stereocenters. The summed E-state index contributed by atoms with van der Waals surface area (Å²) in [5.41, 5.74) is 3.94. The third-order valence-electron chi connectivity index (χ3n) is 7.69. The van der Waals surface area contributed by atoms with E-state index in [4.69, 9.17) is 9.47 Å². The first-order chi connectivity index (χ1) is 20.6. The summed E-state index contributed by atoms with van der Waals surface area (Å²) in [5.74, 6) is -1.80. The molecule has 0 radical (unpaired) electrons. The van der Waals surface area contributed by atoms with E-state index >= 15 is 0 Å². The van der Waals surface area contributed by atoms with E-state index in [0.29, 0.717) is 16.1 Å².